The van der Waals surface area contributed by atoms with E-state index in [9.17, 15) is 45.6 Å². The number of hydrogen-bond acceptors (Lipinski definition) is 13. The summed E-state index contributed by atoms with van der Waals surface area (Å²) in [4.78, 5) is 13.3. The highest BCUT2D eigenvalue weighted by atomic mass is 16.7. The summed E-state index contributed by atoms with van der Waals surface area (Å²) in [6.07, 6.45) is 50.8. The molecule has 0 aromatic carbocycles. The summed E-state index contributed by atoms with van der Waals surface area (Å²) in [5.74, 6) is -0.258. The van der Waals surface area contributed by atoms with Crippen molar-refractivity contribution < 1.29 is 64.6 Å². The molecule has 9 N–H and O–H groups in total. The zero-order chi connectivity index (χ0) is 58.1. The van der Waals surface area contributed by atoms with Gasteiger partial charge in [0.1, 0.15) is 48.8 Å². The van der Waals surface area contributed by atoms with Gasteiger partial charge in [0.2, 0.25) is 5.91 Å². The normalized spacial score (nSPS) is 24.7. The Morgan fingerprint density at radius 1 is 0.450 bits per heavy atom. The summed E-state index contributed by atoms with van der Waals surface area (Å²) in [6, 6.07) is -0.944. The van der Waals surface area contributed by atoms with E-state index in [2.05, 4.69) is 79.9 Å². The van der Waals surface area contributed by atoms with E-state index >= 15 is 0 Å². The molecule has 0 radical (unpaired) electrons. The second kappa shape index (κ2) is 50.9. The molecule has 464 valence electrons. The van der Waals surface area contributed by atoms with Crippen molar-refractivity contribution in [3.63, 3.8) is 0 Å². The van der Waals surface area contributed by atoms with Gasteiger partial charge in [-0.15, -0.1) is 0 Å². The summed E-state index contributed by atoms with van der Waals surface area (Å²) < 4.78 is 22.8. The lowest BCUT2D eigenvalue weighted by Gasteiger charge is -2.46. The lowest BCUT2D eigenvalue weighted by atomic mass is 9.97. The highest BCUT2D eigenvalue weighted by Crippen LogP contribution is 2.30. The predicted octanol–water partition coefficient (Wildman–Crippen LogP) is 11.9. The topological polar surface area (TPSA) is 228 Å². The summed E-state index contributed by atoms with van der Waals surface area (Å²) >= 11 is 0. The fourth-order valence-electron chi connectivity index (χ4n) is 10.2. The van der Waals surface area contributed by atoms with Crippen molar-refractivity contribution >= 4 is 5.91 Å². The van der Waals surface area contributed by atoms with Crippen LogP contribution in [0, 0.1) is 0 Å². The number of nitrogens with one attached hydrogen (secondary N) is 1. The van der Waals surface area contributed by atoms with Gasteiger partial charge in [-0.05, 0) is 83.5 Å². The maximum atomic E-state index is 13.3. The van der Waals surface area contributed by atoms with Crippen molar-refractivity contribution in [2.24, 2.45) is 0 Å². The third-order valence-electron chi connectivity index (χ3n) is 15.3. The van der Waals surface area contributed by atoms with Gasteiger partial charge in [-0.3, -0.25) is 4.79 Å². The molecule has 1 amide bonds. The molecule has 0 aromatic rings. The van der Waals surface area contributed by atoms with E-state index in [0.717, 1.165) is 64.2 Å². The van der Waals surface area contributed by atoms with Crippen LogP contribution in [0.5, 0.6) is 0 Å². The van der Waals surface area contributed by atoms with E-state index in [1.165, 1.54) is 148 Å². The van der Waals surface area contributed by atoms with Gasteiger partial charge in [-0.1, -0.05) is 228 Å². The van der Waals surface area contributed by atoms with Crippen LogP contribution in [0.4, 0.5) is 0 Å². The third-order valence-corrected chi connectivity index (χ3v) is 15.3. The van der Waals surface area contributed by atoms with Gasteiger partial charge in [0.25, 0.3) is 0 Å². The van der Waals surface area contributed by atoms with Gasteiger partial charge in [0, 0.05) is 6.42 Å². The molecule has 2 heterocycles. The minimum absolute atomic E-state index is 0.258. The Morgan fingerprint density at radius 2 is 0.838 bits per heavy atom. The Hall–Kier alpha value is -2.57. The average Bonchev–Trinajstić information content (AvgIpc) is 3.49. The maximum Gasteiger partial charge on any atom is 0.220 e. The van der Waals surface area contributed by atoms with Gasteiger partial charge in [0.05, 0.1) is 32.0 Å². The molecule has 80 heavy (non-hydrogen) atoms. The van der Waals surface area contributed by atoms with E-state index in [1.54, 1.807) is 6.08 Å². The molecule has 2 aliphatic heterocycles. The second-order valence-corrected chi connectivity index (χ2v) is 22.5. The highest BCUT2D eigenvalue weighted by Gasteiger charge is 2.51. The number of unbranched alkanes of at least 4 members (excludes halogenated alkanes) is 28. The summed E-state index contributed by atoms with van der Waals surface area (Å²) in [7, 11) is 0. The molecule has 0 saturated carbocycles. The van der Waals surface area contributed by atoms with Gasteiger partial charge < -0.3 is 65.1 Å². The molecule has 14 heteroatoms. The van der Waals surface area contributed by atoms with Crippen LogP contribution in [0.25, 0.3) is 0 Å². The van der Waals surface area contributed by atoms with Crippen molar-refractivity contribution in [3.8, 4) is 0 Å². The van der Waals surface area contributed by atoms with Crippen molar-refractivity contribution in [1.29, 1.82) is 0 Å². The second-order valence-electron chi connectivity index (χ2n) is 22.5. The molecular weight excluding hydrogens is 1010 g/mol. The molecular formula is C66H117NO13. The van der Waals surface area contributed by atoms with Gasteiger partial charge in [0.15, 0.2) is 12.6 Å². The quantitative estimate of drug-likeness (QED) is 0.0204. The summed E-state index contributed by atoms with van der Waals surface area (Å²) in [5.41, 5.74) is 0. The lowest BCUT2D eigenvalue weighted by molar-refractivity contribution is -0.359. The number of hydrogen-bond donors (Lipinski definition) is 9. The fraction of sp³-hybridized carbons (Fsp3) is 0.803. The Bertz CT molecular complexity index is 1620. The molecule has 0 aliphatic carbocycles. The Morgan fingerprint density at radius 3 is 1.31 bits per heavy atom. The maximum absolute atomic E-state index is 13.3. The number of carbonyl (C=O) groups excluding carboxylic acids is 1. The van der Waals surface area contributed by atoms with Gasteiger partial charge in [-0.25, -0.2) is 0 Å². The average molecular weight is 1130 g/mol. The van der Waals surface area contributed by atoms with E-state index in [-0.39, 0.29) is 18.9 Å². The molecule has 2 saturated heterocycles. The van der Waals surface area contributed by atoms with Crippen LogP contribution in [-0.4, -0.2) is 140 Å². The number of rotatable bonds is 51. The van der Waals surface area contributed by atoms with E-state index < -0.39 is 86.8 Å². The van der Waals surface area contributed by atoms with Crippen molar-refractivity contribution in [2.45, 2.75) is 319 Å². The van der Waals surface area contributed by atoms with Crippen LogP contribution >= 0.6 is 0 Å². The monoisotopic (exact) mass is 1130 g/mol. The molecule has 0 aromatic heterocycles. The molecule has 0 bridgehead atoms. The lowest BCUT2D eigenvalue weighted by Crippen LogP contribution is -2.65. The standard InChI is InChI=1S/C66H117NO13/c1-3-5-7-9-11-13-15-17-19-21-23-25-26-27-28-30-32-34-36-38-40-42-44-46-48-50-58(71)67-54(55(70)49-47-45-43-41-39-37-35-33-31-29-24-22-20-18-16-14-12-10-8-6-4-2)53-77-65-63(76)61(74)64(57(52-69)79-65)80-66-62(75)60(73)59(72)56(51-68)78-66/h15,17,21,23,26-27,31,33,39,41,47,49,54-57,59-66,68-70,72-76H,3-14,16,18-20,22,24-25,28-30,32,34-38,40,42-46,48,50-53H2,1-2H3,(H,67,71)/b17-15-,23-21-,27-26-,33-31+,41-39+,49-47+. The first-order chi connectivity index (χ1) is 39.1. The highest BCUT2D eigenvalue weighted by molar-refractivity contribution is 5.76. The Labute approximate surface area is 485 Å². The predicted molar refractivity (Wildman–Crippen MR) is 323 cm³/mol. The molecule has 14 nitrogen and oxygen atoms in total. The van der Waals surface area contributed by atoms with E-state index in [1.807, 2.05) is 6.08 Å². The van der Waals surface area contributed by atoms with Crippen LogP contribution in [0.1, 0.15) is 245 Å². The first-order valence-electron chi connectivity index (χ1n) is 32.2. The molecule has 2 rings (SSSR count). The number of aliphatic hydroxyl groups is 8. The van der Waals surface area contributed by atoms with Crippen LogP contribution in [0.3, 0.4) is 0 Å². The number of aliphatic hydroxyl groups excluding tert-OH is 8. The molecule has 2 aliphatic rings. The largest absolute Gasteiger partial charge is 0.394 e. The van der Waals surface area contributed by atoms with Crippen LogP contribution in [-0.2, 0) is 23.7 Å². The third kappa shape index (κ3) is 35.5. The SMILES string of the molecule is CCCCCCC/C=C\C/C=C\C/C=C\CCCCCCCCCCCCC(=O)NC(COC1OC(CO)C(OC2OC(CO)C(O)C(O)C2O)C(O)C1O)C(O)/C=C/CC/C=C/CC/C=C/CCCCCCCCCCCCC. The van der Waals surface area contributed by atoms with Crippen LogP contribution < -0.4 is 5.32 Å². The number of allylic oxidation sites excluding steroid dienone is 11. The number of carbonyl (C=O) groups is 1. The van der Waals surface area contributed by atoms with Gasteiger partial charge in [-0.2, -0.15) is 0 Å². The van der Waals surface area contributed by atoms with E-state index in [0.29, 0.717) is 12.8 Å². The van der Waals surface area contributed by atoms with Crippen molar-refractivity contribution in [2.75, 3.05) is 19.8 Å². The van der Waals surface area contributed by atoms with Crippen molar-refractivity contribution in [1.82, 2.24) is 5.32 Å². The first kappa shape index (κ1) is 73.5. The smallest absolute Gasteiger partial charge is 0.220 e. The van der Waals surface area contributed by atoms with Crippen LogP contribution in [0.2, 0.25) is 0 Å². The molecule has 0 spiro atoms. The Kier molecular flexibility index (Phi) is 46.8. The van der Waals surface area contributed by atoms with Crippen molar-refractivity contribution in [3.05, 3.63) is 72.9 Å². The van der Waals surface area contributed by atoms with Gasteiger partial charge >= 0.3 is 0 Å². The first-order valence-corrected chi connectivity index (χ1v) is 32.2. The zero-order valence-corrected chi connectivity index (χ0v) is 50.1. The summed E-state index contributed by atoms with van der Waals surface area (Å²) in [5, 5.41) is 87.2. The molecule has 12 unspecified atom stereocenters. The fourth-order valence-corrected chi connectivity index (χ4v) is 10.2. The minimum Gasteiger partial charge on any atom is -0.394 e. The summed E-state index contributed by atoms with van der Waals surface area (Å²) in [6.45, 7) is 2.77. The Balaban J connectivity index is 1.76. The van der Waals surface area contributed by atoms with E-state index in [4.69, 9.17) is 18.9 Å². The van der Waals surface area contributed by atoms with Crippen LogP contribution in [0.15, 0.2) is 72.9 Å². The molecule has 12 atom stereocenters. The number of amides is 1. The molecule has 2 fully saturated rings. The zero-order valence-electron chi connectivity index (χ0n) is 50.1. The number of ether oxygens (including phenoxy) is 4. The minimum atomic E-state index is -1.80.